The lowest BCUT2D eigenvalue weighted by Gasteiger charge is -2.43. The van der Waals surface area contributed by atoms with Crippen molar-refractivity contribution in [1.29, 1.82) is 0 Å². The Bertz CT molecular complexity index is 1990. The summed E-state index contributed by atoms with van der Waals surface area (Å²) in [5.41, 5.74) is 1.23. The number of benzene rings is 5. The molecule has 232 valence electrons. The van der Waals surface area contributed by atoms with Crippen LogP contribution >= 0.6 is 11.6 Å². The van der Waals surface area contributed by atoms with Gasteiger partial charge in [0.15, 0.2) is 5.82 Å². The van der Waals surface area contributed by atoms with E-state index in [9.17, 15) is 0 Å². The van der Waals surface area contributed by atoms with Crippen molar-refractivity contribution >= 4 is 57.8 Å². The minimum absolute atomic E-state index is 0.245. The highest BCUT2D eigenvalue weighted by Crippen LogP contribution is 2.44. The Kier molecular flexibility index (Phi) is 8.01. The van der Waals surface area contributed by atoms with Gasteiger partial charge in [-0.15, -0.1) is 0 Å². The van der Waals surface area contributed by atoms with E-state index in [0.717, 1.165) is 47.3 Å². The Morgan fingerprint density at radius 1 is 0.804 bits per heavy atom. The maximum absolute atomic E-state index is 16.8. The summed E-state index contributed by atoms with van der Waals surface area (Å²) < 4.78 is 24.3. The molecule has 0 spiro atoms. The summed E-state index contributed by atoms with van der Waals surface area (Å²) >= 11 is 7.05. The van der Waals surface area contributed by atoms with Crippen LogP contribution in [0.15, 0.2) is 109 Å². The molecule has 5 nitrogen and oxygen atoms in total. The smallest absolute Gasteiger partial charge is 0.319 e. The second-order valence-electron chi connectivity index (χ2n) is 12.8. The maximum Gasteiger partial charge on any atom is 0.319 e. The van der Waals surface area contributed by atoms with Crippen LogP contribution < -0.4 is 25.0 Å². The van der Waals surface area contributed by atoms with Crippen LogP contribution in [-0.2, 0) is 0 Å². The maximum atomic E-state index is 16.8. The third-order valence-corrected chi connectivity index (χ3v) is 14.3. The Balaban J connectivity index is 1.45. The molecule has 5 aromatic carbocycles. The molecule has 1 saturated heterocycles. The summed E-state index contributed by atoms with van der Waals surface area (Å²) in [6, 6.07) is 34.9. The Morgan fingerprint density at radius 2 is 1.43 bits per heavy atom. The van der Waals surface area contributed by atoms with Gasteiger partial charge in [-0.25, -0.2) is 14.4 Å². The fourth-order valence-corrected chi connectivity index (χ4v) is 11.6. The number of hydrogen-bond donors (Lipinski definition) is 1. The first-order valence-electron chi connectivity index (χ1n) is 15.7. The van der Waals surface area contributed by atoms with Crippen LogP contribution in [0.2, 0.25) is 10.1 Å². The van der Waals surface area contributed by atoms with E-state index < -0.39 is 14.1 Å². The molecule has 6 aromatic rings. The van der Waals surface area contributed by atoms with E-state index in [-0.39, 0.29) is 10.6 Å². The normalized spacial score (nSPS) is 14.2. The summed E-state index contributed by atoms with van der Waals surface area (Å²) in [6.45, 7) is 9.97. The van der Waals surface area contributed by atoms with Gasteiger partial charge in [0, 0.05) is 37.1 Å². The van der Waals surface area contributed by atoms with Gasteiger partial charge >= 0.3 is 8.32 Å². The van der Waals surface area contributed by atoms with Gasteiger partial charge in [0.1, 0.15) is 23.4 Å². The number of rotatable bonds is 6. The molecule has 0 bridgehead atoms. The topological polar surface area (TPSA) is 50.3 Å². The number of hydrogen-bond acceptors (Lipinski definition) is 5. The van der Waals surface area contributed by atoms with Gasteiger partial charge in [-0.1, -0.05) is 117 Å². The molecule has 1 N–H and O–H groups in total. The first-order chi connectivity index (χ1) is 22.3. The Hall–Kier alpha value is -4.30. The van der Waals surface area contributed by atoms with Crippen LogP contribution in [0.4, 0.5) is 10.2 Å². The van der Waals surface area contributed by atoms with Crippen LogP contribution in [0.1, 0.15) is 20.8 Å². The summed E-state index contributed by atoms with van der Waals surface area (Å²) in [5.74, 6) is 0.907. The van der Waals surface area contributed by atoms with Gasteiger partial charge in [-0.2, -0.15) is 0 Å². The van der Waals surface area contributed by atoms with Crippen LogP contribution in [0.25, 0.3) is 32.8 Å². The molecule has 2 heterocycles. The summed E-state index contributed by atoms with van der Waals surface area (Å²) in [4.78, 5) is 11.1. The molecule has 1 aliphatic heterocycles. The van der Waals surface area contributed by atoms with E-state index in [4.69, 9.17) is 16.0 Å². The van der Waals surface area contributed by atoms with Crippen molar-refractivity contribution in [3.8, 4) is 16.9 Å². The second-order valence-corrected chi connectivity index (χ2v) is 17.5. The lowest BCUT2D eigenvalue weighted by atomic mass is 9.96. The summed E-state index contributed by atoms with van der Waals surface area (Å²) in [6.07, 6.45) is 1.45. The summed E-state index contributed by atoms with van der Waals surface area (Å²) in [5, 5.41) is 8.18. The molecule has 1 aliphatic rings. The summed E-state index contributed by atoms with van der Waals surface area (Å²) in [7, 11) is -2.96. The van der Waals surface area contributed by atoms with E-state index in [2.05, 4.69) is 95.6 Å². The van der Waals surface area contributed by atoms with Crippen molar-refractivity contribution in [2.45, 2.75) is 25.8 Å². The molecule has 0 radical (unpaired) electrons. The monoisotopic (exact) mass is 646 g/mol. The molecule has 0 amide bonds. The van der Waals surface area contributed by atoms with Crippen LogP contribution in [-0.4, -0.2) is 44.5 Å². The van der Waals surface area contributed by atoms with E-state index in [0.29, 0.717) is 33.1 Å². The van der Waals surface area contributed by atoms with Gasteiger partial charge in [0.2, 0.25) is 0 Å². The van der Waals surface area contributed by atoms with Gasteiger partial charge in [0.25, 0.3) is 0 Å². The predicted octanol–water partition coefficient (Wildman–Crippen LogP) is 7.59. The molecule has 0 saturated carbocycles. The molecular weight excluding hydrogens is 611 g/mol. The molecular formula is C38H36ClFN4OSi. The highest BCUT2D eigenvalue weighted by atomic mass is 35.5. The van der Waals surface area contributed by atoms with E-state index in [1.807, 2.05) is 48.5 Å². The molecule has 1 fully saturated rings. The Labute approximate surface area is 275 Å². The fraction of sp³-hybridized carbons (Fsp3) is 0.211. The zero-order valence-corrected chi connectivity index (χ0v) is 28.0. The number of aromatic nitrogens is 2. The lowest BCUT2D eigenvalue weighted by Crippen LogP contribution is -2.68. The average molecular weight is 647 g/mol. The number of anilines is 1. The third kappa shape index (κ3) is 5.22. The Morgan fingerprint density at radius 3 is 2.09 bits per heavy atom. The molecule has 8 heteroatoms. The highest BCUT2D eigenvalue weighted by molar-refractivity contribution is 7.00. The van der Waals surface area contributed by atoms with E-state index in [1.54, 1.807) is 0 Å². The largest absolute Gasteiger partial charge is 0.534 e. The molecule has 0 atom stereocenters. The van der Waals surface area contributed by atoms with E-state index >= 15 is 4.39 Å². The predicted molar refractivity (Wildman–Crippen MR) is 191 cm³/mol. The quantitative estimate of drug-likeness (QED) is 0.189. The minimum atomic E-state index is -2.96. The SMILES string of the molecule is CC(C)(C)[Si](Oc1cc(-c2c(Cl)cc3c(N4CCNCC4)ncnc3c2F)c2ccccc2c1)(c1ccccc1)c1ccccc1. The number of piperazine rings is 1. The van der Waals surface area contributed by atoms with E-state index in [1.165, 1.54) is 6.33 Å². The van der Waals surface area contributed by atoms with Crippen molar-refractivity contribution < 1.29 is 8.82 Å². The van der Waals surface area contributed by atoms with Crippen molar-refractivity contribution in [3.05, 3.63) is 120 Å². The highest BCUT2D eigenvalue weighted by Gasteiger charge is 2.52. The molecule has 1 aromatic heterocycles. The lowest BCUT2D eigenvalue weighted by molar-refractivity contribution is 0.509. The van der Waals surface area contributed by atoms with Gasteiger partial charge < -0.3 is 14.6 Å². The first-order valence-corrected chi connectivity index (χ1v) is 18.0. The zero-order valence-electron chi connectivity index (χ0n) is 26.2. The molecule has 7 rings (SSSR count). The number of nitrogens with one attached hydrogen (secondary N) is 1. The first kappa shape index (κ1) is 30.4. The number of fused-ring (bicyclic) bond motifs is 2. The van der Waals surface area contributed by atoms with Crippen LogP contribution in [0.3, 0.4) is 0 Å². The third-order valence-electron chi connectivity index (χ3n) is 9.01. The van der Waals surface area contributed by atoms with Gasteiger partial charge in [0.05, 0.1) is 5.02 Å². The molecule has 0 unspecified atom stereocenters. The molecule has 0 aliphatic carbocycles. The van der Waals surface area contributed by atoms with Crippen molar-refractivity contribution in [3.63, 3.8) is 0 Å². The van der Waals surface area contributed by atoms with Crippen molar-refractivity contribution in [2.24, 2.45) is 0 Å². The average Bonchev–Trinajstić information content (AvgIpc) is 3.07. The number of halogens is 2. The van der Waals surface area contributed by atoms with Crippen LogP contribution in [0.5, 0.6) is 5.75 Å². The second kappa shape index (κ2) is 12.1. The molecule has 46 heavy (non-hydrogen) atoms. The fourth-order valence-electron chi connectivity index (χ4n) is 6.87. The van der Waals surface area contributed by atoms with Crippen molar-refractivity contribution in [1.82, 2.24) is 15.3 Å². The van der Waals surface area contributed by atoms with Gasteiger partial charge in [-0.3, -0.25) is 0 Å². The zero-order chi connectivity index (χ0) is 31.9. The van der Waals surface area contributed by atoms with Gasteiger partial charge in [-0.05, 0) is 49.9 Å². The number of nitrogens with zero attached hydrogens (tertiary/aromatic N) is 3. The van der Waals surface area contributed by atoms with Crippen LogP contribution in [0, 0.1) is 5.82 Å². The standard InChI is InChI=1S/C38H36ClFN4OSi/c1-38(2,3)46(28-13-6-4-7-14-28,29-15-8-5-9-16-29)45-27-22-26-12-10-11-17-30(26)31(23-27)34-33(39)24-32-36(35(34)40)42-25-43-37(32)44-20-18-41-19-21-44/h4-17,22-25,41H,18-21H2,1-3H3. The minimum Gasteiger partial charge on any atom is -0.534 e. The van der Waals surface area contributed by atoms with Crippen molar-refractivity contribution in [2.75, 3.05) is 31.1 Å².